The quantitative estimate of drug-likeness (QED) is 0.704. The fourth-order valence-corrected chi connectivity index (χ4v) is 2.24. The van der Waals surface area contributed by atoms with Crippen LogP contribution in [0.4, 0.5) is 0 Å². The van der Waals surface area contributed by atoms with Crippen LogP contribution in [-0.4, -0.2) is 36.5 Å². The maximum absolute atomic E-state index is 11.7. The van der Waals surface area contributed by atoms with Crippen LogP contribution in [0.1, 0.15) is 52.4 Å². The van der Waals surface area contributed by atoms with Crippen LogP contribution in [0.5, 0.6) is 0 Å². The molecule has 0 aromatic rings. The second kappa shape index (κ2) is 7.66. The summed E-state index contributed by atoms with van der Waals surface area (Å²) in [5, 5.41) is 3.00. The lowest BCUT2D eigenvalue weighted by Crippen LogP contribution is -2.44. The van der Waals surface area contributed by atoms with E-state index in [0.717, 1.165) is 19.5 Å². The van der Waals surface area contributed by atoms with E-state index >= 15 is 0 Å². The van der Waals surface area contributed by atoms with Gasteiger partial charge < -0.3 is 5.32 Å². The minimum atomic E-state index is 0.199. The second-order valence-corrected chi connectivity index (χ2v) is 4.87. The average molecular weight is 226 g/mol. The highest BCUT2D eigenvalue weighted by atomic mass is 16.2. The molecule has 1 unspecified atom stereocenters. The Hall–Kier alpha value is -0.570. The van der Waals surface area contributed by atoms with Crippen LogP contribution in [0.2, 0.25) is 0 Å². The fraction of sp³-hybridized carbons (Fsp3) is 0.923. The van der Waals surface area contributed by atoms with E-state index < -0.39 is 0 Å². The molecule has 3 nitrogen and oxygen atoms in total. The first kappa shape index (κ1) is 13.5. The van der Waals surface area contributed by atoms with Gasteiger partial charge in [0.1, 0.15) is 0 Å². The average Bonchev–Trinajstić information content (AvgIpc) is 2.28. The highest BCUT2D eigenvalue weighted by Crippen LogP contribution is 2.15. The number of carbonyl (C=O) groups excluding carboxylic acids is 1. The molecular weight excluding hydrogens is 200 g/mol. The SMILES string of the molecule is CCCCCNC(=O)CN1CCCCC1C. The number of amides is 1. The van der Waals surface area contributed by atoms with Gasteiger partial charge in [0.05, 0.1) is 6.54 Å². The predicted octanol–water partition coefficient (Wildman–Crippen LogP) is 2.17. The Kier molecular flexibility index (Phi) is 6.46. The monoisotopic (exact) mass is 226 g/mol. The van der Waals surface area contributed by atoms with Crippen LogP contribution < -0.4 is 5.32 Å². The third kappa shape index (κ3) is 4.97. The van der Waals surface area contributed by atoms with Crippen molar-refractivity contribution in [1.82, 2.24) is 10.2 Å². The van der Waals surface area contributed by atoms with Gasteiger partial charge in [-0.15, -0.1) is 0 Å². The lowest BCUT2D eigenvalue weighted by atomic mass is 10.0. The number of nitrogens with one attached hydrogen (secondary N) is 1. The van der Waals surface area contributed by atoms with E-state index in [1.54, 1.807) is 0 Å². The van der Waals surface area contributed by atoms with Crippen LogP contribution in [-0.2, 0) is 4.79 Å². The van der Waals surface area contributed by atoms with Crippen LogP contribution in [0.3, 0.4) is 0 Å². The molecule has 1 rings (SSSR count). The Balaban J connectivity index is 2.12. The van der Waals surface area contributed by atoms with Gasteiger partial charge in [-0.05, 0) is 32.7 Å². The summed E-state index contributed by atoms with van der Waals surface area (Å²) < 4.78 is 0. The van der Waals surface area contributed by atoms with Crippen molar-refractivity contribution >= 4 is 5.91 Å². The number of unbranched alkanes of at least 4 members (excludes halogenated alkanes) is 2. The largest absolute Gasteiger partial charge is 0.355 e. The molecule has 0 saturated carbocycles. The Labute approximate surface area is 99.6 Å². The molecular formula is C13H26N2O. The summed E-state index contributed by atoms with van der Waals surface area (Å²) in [6.07, 6.45) is 7.32. The van der Waals surface area contributed by atoms with Gasteiger partial charge in [0.2, 0.25) is 5.91 Å². The molecule has 0 aromatic heterocycles. The molecule has 0 aliphatic carbocycles. The van der Waals surface area contributed by atoms with Gasteiger partial charge in [-0.1, -0.05) is 26.2 Å². The van der Waals surface area contributed by atoms with E-state index in [9.17, 15) is 4.79 Å². The molecule has 1 fully saturated rings. The molecule has 0 radical (unpaired) electrons. The summed E-state index contributed by atoms with van der Waals surface area (Å²) in [5.74, 6) is 0.199. The summed E-state index contributed by atoms with van der Waals surface area (Å²) in [5.41, 5.74) is 0. The third-order valence-corrected chi connectivity index (χ3v) is 3.39. The van der Waals surface area contributed by atoms with Crippen LogP contribution in [0, 0.1) is 0 Å². The van der Waals surface area contributed by atoms with Crippen molar-refractivity contribution in [3.8, 4) is 0 Å². The van der Waals surface area contributed by atoms with Crippen molar-refractivity contribution in [3.05, 3.63) is 0 Å². The van der Waals surface area contributed by atoms with Gasteiger partial charge in [0, 0.05) is 12.6 Å². The van der Waals surface area contributed by atoms with E-state index in [1.165, 1.54) is 32.1 Å². The third-order valence-electron chi connectivity index (χ3n) is 3.39. The Morgan fingerprint density at radius 1 is 1.38 bits per heavy atom. The number of carbonyl (C=O) groups is 1. The number of rotatable bonds is 6. The Morgan fingerprint density at radius 3 is 2.88 bits per heavy atom. The molecule has 0 aromatic carbocycles. The van der Waals surface area contributed by atoms with Crippen molar-refractivity contribution in [2.75, 3.05) is 19.6 Å². The zero-order chi connectivity index (χ0) is 11.8. The van der Waals surface area contributed by atoms with Gasteiger partial charge in [-0.2, -0.15) is 0 Å². The molecule has 1 saturated heterocycles. The number of nitrogens with zero attached hydrogens (tertiary/aromatic N) is 1. The molecule has 1 heterocycles. The smallest absolute Gasteiger partial charge is 0.234 e. The Morgan fingerprint density at radius 2 is 2.19 bits per heavy atom. The van der Waals surface area contributed by atoms with Gasteiger partial charge in [-0.25, -0.2) is 0 Å². The van der Waals surface area contributed by atoms with Gasteiger partial charge in [0.15, 0.2) is 0 Å². The molecule has 1 N–H and O–H groups in total. The van der Waals surface area contributed by atoms with Crippen molar-refractivity contribution < 1.29 is 4.79 Å². The zero-order valence-corrected chi connectivity index (χ0v) is 10.8. The highest BCUT2D eigenvalue weighted by Gasteiger charge is 2.19. The first-order valence-electron chi connectivity index (χ1n) is 6.74. The molecule has 0 spiro atoms. The van der Waals surface area contributed by atoms with E-state index in [1.807, 2.05) is 0 Å². The zero-order valence-electron chi connectivity index (χ0n) is 10.8. The Bertz CT molecular complexity index is 206. The molecule has 3 heteroatoms. The van der Waals surface area contributed by atoms with Gasteiger partial charge >= 0.3 is 0 Å². The summed E-state index contributed by atoms with van der Waals surface area (Å²) in [6.45, 7) is 6.92. The molecule has 1 aliphatic heterocycles. The minimum absolute atomic E-state index is 0.199. The van der Waals surface area contributed by atoms with Crippen LogP contribution in [0.25, 0.3) is 0 Å². The minimum Gasteiger partial charge on any atom is -0.355 e. The van der Waals surface area contributed by atoms with Crippen molar-refractivity contribution in [2.24, 2.45) is 0 Å². The van der Waals surface area contributed by atoms with Crippen LogP contribution >= 0.6 is 0 Å². The van der Waals surface area contributed by atoms with E-state index in [4.69, 9.17) is 0 Å². The standard InChI is InChI=1S/C13H26N2O/c1-3-4-6-9-14-13(16)11-15-10-7-5-8-12(15)2/h12H,3-11H2,1-2H3,(H,14,16). The molecule has 16 heavy (non-hydrogen) atoms. The number of hydrogen-bond donors (Lipinski definition) is 1. The van der Waals surface area contributed by atoms with Crippen molar-refractivity contribution in [2.45, 2.75) is 58.4 Å². The summed E-state index contributed by atoms with van der Waals surface area (Å²) >= 11 is 0. The van der Waals surface area contributed by atoms with Gasteiger partial charge in [-0.3, -0.25) is 9.69 Å². The summed E-state index contributed by atoms with van der Waals surface area (Å²) in [6, 6.07) is 0.579. The summed E-state index contributed by atoms with van der Waals surface area (Å²) in [4.78, 5) is 14.0. The lowest BCUT2D eigenvalue weighted by molar-refractivity contribution is -0.123. The number of piperidine rings is 1. The maximum Gasteiger partial charge on any atom is 0.234 e. The molecule has 94 valence electrons. The molecule has 1 aliphatic rings. The van der Waals surface area contributed by atoms with Gasteiger partial charge in [0.25, 0.3) is 0 Å². The molecule has 0 bridgehead atoms. The van der Waals surface area contributed by atoms with E-state index in [2.05, 4.69) is 24.1 Å². The normalized spacial score (nSPS) is 22.0. The first-order chi connectivity index (χ1) is 7.74. The van der Waals surface area contributed by atoms with Crippen molar-refractivity contribution in [1.29, 1.82) is 0 Å². The van der Waals surface area contributed by atoms with E-state index in [0.29, 0.717) is 12.6 Å². The first-order valence-corrected chi connectivity index (χ1v) is 6.74. The predicted molar refractivity (Wildman–Crippen MR) is 67.4 cm³/mol. The molecule has 1 amide bonds. The number of hydrogen-bond acceptors (Lipinski definition) is 2. The van der Waals surface area contributed by atoms with E-state index in [-0.39, 0.29) is 5.91 Å². The topological polar surface area (TPSA) is 32.3 Å². The maximum atomic E-state index is 11.7. The van der Waals surface area contributed by atoms with Crippen LogP contribution in [0.15, 0.2) is 0 Å². The van der Waals surface area contributed by atoms with Crippen molar-refractivity contribution in [3.63, 3.8) is 0 Å². The second-order valence-electron chi connectivity index (χ2n) is 4.87. The lowest BCUT2D eigenvalue weighted by Gasteiger charge is -2.32. The fourth-order valence-electron chi connectivity index (χ4n) is 2.24. The molecule has 1 atom stereocenters. The summed E-state index contributed by atoms with van der Waals surface area (Å²) in [7, 11) is 0. The number of likely N-dealkylation sites (tertiary alicyclic amines) is 1. The highest BCUT2D eigenvalue weighted by molar-refractivity contribution is 5.78.